The minimum absolute atomic E-state index is 0.114. The second kappa shape index (κ2) is 8.92. The SMILES string of the molecule is CCCCCN(CC(O)CC1CCCC1)C(C)C. The first-order valence-corrected chi connectivity index (χ1v) is 8.05. The number of unbranched alkanes of at least 4 members (excludes halogenated alkanes) is 2. The fourth-order valence-electron chi connectivity index (χ4n) is 3.10. The fourth-order valence-corrected chi connectivity index (χ4v) is 3.10. The molecule has 1 rings (SSSR count). The van der Waals surface area contributed by atoms with Crippen molar-refractivity contribution in [2.24, 2.45) is 5.92 Å². The van der Waals surface area contributed by atoms with Crippen molar-refractivity contribution in [3.05, 3.63) is 0 Å². The molecule has 0 aliphatic heterocycles. The fraction of sp³-hybridized carbons (Fsp3) is 1.00. The summed E-state index contributed by atoms with van der Waals surface area (Å²) in [7, 11) is 0. The lowest BCUT2D eigenvalue weighted by Gasteiger charge is -2.29. The third kappa shape index (κ3) is 6.19. The molecule has 1 aliphatic carbocycles. The van der Waals surface area contributed by atoms with Crippen molar-refractivity contribution in [2.45, 2.75) is 84.3 Å². The normalized spacial score (nSPS) is 19.0. The van der Waals surface area contributed by atoms with Crippen molar-refractivity contribution in [3.8, 4) is 0 Å². The number of rotatable bonds is 9. The average molecular weight is 255 g/mol. The van der Waals surface area contributed by atoms with Gasteiger partial charge in [-0.1, -0.05) is 45.4 Å². The number of aliphatic hydroxyl groups excluding tert-OH is 1. The first kappa shape index (κ1) is 16.0. The quantitative estimate of drug-likeness (QED) is 0.633. The van der Waals surface area contributed by atoms with Crippen LogP contribution in [0.4, 0.5) is 0 Å². The largest absolute Gasteiger partial charge is 0.392 e. The highest BCUT2D eigenvalue weighted by Gasteiger charge is 2.21. The highest BCUT2D eigenvalue weighted by Crippen LogP contribution is 2.28. The molecule has 1 N–H and O–H groups in total. The van der Waals surface area contributed by atoms with Gasteiger partial charge in [-0.3, -0.25) is 4.90 Å². The molecule has 108 valence electrons. The van der Waals surface area contributed by atoms with Crippen LogP contribution in [0.15, 0.2) is 0 Å². The Morgan fingerprint density at radius 1 is 1.17 bits per heavy atom. The predicted octanol–water partition coefficient (Wildman–Crippen LogP) is 3.83. The van der Waals surface area contributed by atoms with E-state index in [1.54, 1.807) is 0 Å². The molecule has 0 heterocycles. The van der Waals surface area contributed by atoms with Gasteiger partial charge in [0.2, 0.25) is 0 Å². The highest BCUT2D eigenvalue weighted by atomic mass is 16.3. The van der Waals surface area contributed by atoms with Crippen LogP contribution in [0.3, 0.4) is 0 Å². The van der Waals surface area contributed by atoms with Crippen molar-refractivity contribution in [1.29, 1.82) is 0 Å². The number of hydrogen-bond acceptors (Lipinski definition) is 2. The van der Waals surface area contributed by atoms with Gasteiger partial charge < -0.3 is 5.11 Å². The molecule has 0 aromatic rings. The van der Waals surface area contributed by atoms with Gasteiger partial charge in [0, 0.05) is 12.6 Å². The van der Waals surface area contributed by atoms with Crippen LogP contribution in [-0.4, -0.2) is 35.2 Å². The molecule has 1 aliphatic rings. The van der Waals surface area contributed by atoms with Crippen LogP contribution in [0.5, 0.6) is 0 Å². The molecule has 18 heavy (non-hydrogen) atoms. The Morgan fingerprint density at radius 3 is 2.39 bits per heavy atom. The Balaban J connectivity index is 2.25. The second-order valence-electron chi connectivity index (χ2n) is 6.34. The molecule has 1 fully saturated rings. The summed E-state index contributed by atoms with van der Waals surface area (Å²) in [6, 6.07) is 0.556. The van der Waals surface area contributed by atoms with E-state index in [-0.39, 0.29) is 6.10 Å². The molecule has 2 heteroatoms. The van der Waals surface area contributed by atoms with Crippen LogP contribution >= 0.6 is 0 Å². The lowest BCUT2D eigenvalue weighted by atomic mass is 9.99. The predicted molar refractivity (Wildman–Crippen MR) is 78.8 cm³/mol. The summed E-state index contributed by atoms with van der Waals surface area (Å²) in [5, 5.41) is 10.2. The van der Waals surface area contributed by atoms with Crippen LogP contribution in [0.2, 0.25) is 0 Å². The van der Waals surface area contributed by atoms with Gasteiger partial charge in [-0.2, -0.15) is 0 Å². The standard InChI is InChI=1S/C16H33NO/c1-4-5-8-11-17(14(2)3)13-16(18)12-15-9-6-7-10-15/h14-16,18H,4-13H2,1-3H3. The summed E-state index contributed by atoms with van der Waals surface area (Å²) >= 11 is 0. The maximum Gasteiger partial charge on any atom is 0.0669 e. The summed E-state index contributed by atoms with van der Waals surface area (Å²) in [5.41, 5.74) is 0. The monoisotopic (exact) mass is 255 g/mol. The van der Waals surface area contributed by atoms with Gasteiger partial charge in [-0.15, -0.1) is 0 Å². The molecule has 0 aromatic heterocycles. The maximum atomic E-state index is 10.2. The molecule has 0 spiro atoms. The summed E-state index contributed by atoms with van der Waals surface area (Å²) in [4.78, 5) is 2.45. The number of hydrogen-bond donors (Lipinski definition) is 1. The molecule has 2 nitrogen and oxygen atoms in total. The van der Waals surface area contributed by atoms with E-state index < -0.39 is 0 Å². The first-order valence-electron chi connectivity index (χ1n) is 8.05. The van der Waals surface area contributed by atoms with Gasteiger partial charge in [-0.25, -0.2) is 0 Å². The van der Waals surface area contributed by atoms with E-state index in [1.165, 1.54) is 44.9 Å². The van der Waals surface area contributed by atoms with Crippen molar-refractivity contribution in [1.82, 2.24) is 4.90 Å². The maximum absolute atomic E-state index is 10.2. The van der Waals surface area contributed by atoms with Crippen molar-refractivity contribution >= 4 is 0 Å². The lowest BCUT2D eigenvalue weighted by molar-refractivity contribution is 0.0762. The number of aliphatic hydroxyl groups is 1. The zero-order valence-electron chi connectivity index (χ0n) is 12.7. The molecule has 0 aromatic carbocycles. The van der Waals surface area contributed by atoms with Gasteiger partial charge in [0.1, 0.15) is 0 Å². The summed E-state index contributed by atoms with van der Waals surface area (Å²) < 4.78 is 0. The zero-order valence-corrected chi connectivity index (χ0v) is 12.7. The van der Waals surface area contributed by atoms with Crippen LogP contribution < -0.4 is 0 Å². The Hall–Kier alpha value is -0.0800. The molecule has 0 amide bonds. The average Bonchev–Trinajstić information content (AvgIpc) is 2.80. The highest BCUT2D eigenvalue weighted by molar-refractivity contribution is 4.74. The van der Waals surface area contributed by atoms with Gasteiger partial charge in [0.25, 0.3) is 0 Å². The minimum atomic E-state index is -0.114. The Bertz CT molecular complexity index is 199. The van der Waals surface area contributed by atoms with Crippen LogP contribution in [-0.2, 0) is 0 Å². The van der Waals surface area contributed by atoms with Crippen LogP contribution in [0.1, 0.15) is 72.1 Å². The minimum Gasteiger partial charge on any atom is -0.392 e. The lowest BCUT2D eigenvalue weighted by Crippen LogP contribution is -2.38. The Labute approximate surface area is 114 Å². The van der Waals surface area contributed by atoms with E-state index in [2.05, 4.69) is 25.7 Å². The Kier molecular flexibility index (Phi) is 7.92. The van der Waals surface area contributed by atoms with E-state index in [0.717, 1.165) is 25.4 Å². The summed E-state index contributed by atoms with van der Waals surface area (Å²) in [6.07, 6.45) is 10.2. The smallest absolute Gasteiger partial charge is 0.0669 e. The third-order valence-corrected chi connectivity index (χ3v) is 4.30. The molecule has 1 saturated carbocycles. The van der Waals surface area contributed by atoms with Gasteiger partial charge in [0.05, 0.1) is 6.10 Å². The number of nitrogens with zero attached hydrogens (tertiary/aromatic N) is 1. The summed E-state index contributed by atoms with van der Waals surface area (Å²) in [5.74, 6) is 0.796. The molecule has 0 saturated heterocycles. The second-order valence-corrected chi connectivity index (χ2v) is 6.34. The zero-order chi connectivity index (χ0) is 13.4. The molecular formula is C16H33NO. The van der Waals surface area contributed by atoms with Crippen molar-refractivity contribution < 1.29 is 5.11 Å². The van der Waals surface area contributed by atoms with Gasteiger partial charge in [-0.05, 0) is 39.2 Å². The molecule has 0 bridgehead atoms. The van der Waals surface area contributed by atoms with E-state index in [9.17, 15) is 5.11 Å². The molecule has 0 radical (unpaired) electrons. The third-order valence-electron chi connectivity index (χ3n) is 4.30. The topological polar surface area (TPSA) is 23.5 Å². The molecule has 1 atom stereocenters. The first-order chi connectivity index (χ1) is 8.63. The van der Waals surface area contributed by atoms with Crippen LogP contribution in [0.25, 0.3) is 0 Å². The van der Waals surface area contributed by atoms with E-state index in [0.29, 0.717) is 6.04 Å². The van der Waals surface area contributed by atoms with Gasteiger partial charge >= 0.3 is 0 Å². The van der Waals surface area contributed by atoms with E-state index >= 15 is 0 Å². The molecular weight excluding hydrogens is 222 g/mol. The van der Waals surface area contributed by atoms with E-state index in [4.69, 9.17) is 0 Å². The van der Waals surface area contributed by atoms with Crippen molar-refractivity contribution in [2.75, 3.05) is 13.1 Å². The van der Waals surface area contributed by atoms with Crippen molar-refractivity contribution in [3.63, 3.8) is 0 Å². The Morgan fingerprint density at radius 2 is 1.83 bits per heavy atom. The summed E-state index contributed by atoms with van der Waals surface area (Å²) in [6.45, 7) is 8.75. The van der Waals surface area contributed by atoms with E-state index in [1.807, 2.05) is 0 Å². The molecule has 1 unspecified atom stereocenters. The van der Waals surface area contributed by atoms with Gasteiger partial charge in [0.15, 0.2) is 0 Å². The van der Waals surface area contributed by atoms with Crippen LogP contribution in [0, 0.1) is 5.92 Å².